The minimum absolute atomic E-state index is 0.127. The van der Waals surface area contributed by atoms with Crippen LogP contribution in [0.15, 0.2) is 40.3 Å². The van der Waals surface area contributed by atoms with Gasteiger partial charge in [0.15, 0.2) is 0 Å². The molecule has 1 aliphatic rings. The highest BCUT2D eigenvalue weighted by Gasteiger charge is 2.30. The third kappa shape index (κ3) is 4.13. The molecule has 0 spiro atoms. The Hall–Kier alpha value is -1.83. The summed E-state index contributed by atoms with van der Waals surface area (Å²) in [7, 11) is 0. The van der Waals surface area contributed by atoms with Crippen LogP contribution in [-0.2, 0) is 11.3 Å². The molecule has 1 fully saturated rings. The number of aliphatic hydroxyl groups is 1. The largest absolute Gasteiger partial charge is 0.467 e. The fourth-order valence-corrected chi connectivity index (χ4v) is 3.29. The van der Waals surface area contributed by atoms with Crippen molar-refractivity contribution in [3.05, 3.63) is 46.5 Å². The summed E-state index contributed by atoms with van der Waals surface area (Å²) >= 11 is 1.61. The van der Waals surface area contributed by atoms with Gasteiger partial charge in [-0.1, -0.05) is 6.07 Å². The van der Waals surface area contributed by atoms with Crippen LogP contribution >= 0.6 is 11.3 Å². The molecule has 1 aliphatic heterocycles. The lowest BCUT2D eigenvalue weighted by atomic mass is 10.1. The molecule has 1 saturated heterocycles. The van der Waals surface area contributed by atoms with Crippen molar-refractivity contribution in [1.82, 2.24) is 10.2 Å². The van der Waals surface area contributed by atoms with E-state index in [1.54, 1.807) is 28.4 Å². The van der Waals surface area contributed by atoms with Gasteiger partial charge in [-0.25, -0.2) is 4.79 Å². The molecule has 2 amide bonds. The summed E-state index contributed by atoms with van der Waals surface area (Å²) in [6, 6.07) is 7.12. The predicted octanol–water partition coefficient (Wildman–Crippen LogP) is 2.38. The Bertz CT molecular complexity index is 600. The van der Waals surface area contributed by atoms with E-state index in [0.717, 1.165) is 4.88 Å². The number of thiophene rings is 1. The first kappa shape index (κ1) is 16.0. The van der Waals surface area contributed by atoms with Crippen molar-refractivity contribution < 1.29 is 19.1 Å². The van der Waals surface area contributed by atoms with Crippen LogP contribution in [0.1, 0.15) is 23.2 Å². The summed E-state index contributed by atoms with van der Waals surface area (Å²) in [6.07, 6.45) is 1.17. The number of furan rings is 1. The maximum Gasteiger partial charge on any atom is 0.318 e. The van der Waals surface area contributed by atoms with Gasteiger partial charge in [0.25, 0.3) is 0 Å². The number of hydrogen-bond donors (Lipinski definition) is 2. The van der Waals surface area contributed by atoms with Crippen molar-refractivity contribution in [2.45, 2.75) is 25.1 Å². The molecule has 0 radical (unpaired) electrons. The van der Waals surface area contributed by atoms with Crippen LogP contribution in [0.2, 0.25) is 0 Å². The number of nitrogens with zero attached hydrogens (tertiary/aromatic N) is 1. The SMILES string of the molecule is O=C(NCc1cccs1)N1CCOC[C@H]1C[C@H](O)c1ccco1. The van der Waals surface area contributed by atoms with Crippen molar-refractivity contribution >= 4 is 17.4 Å². The minimum atomic E-state index is -0.746. The van der Waals surface area contributed by atoms with E-state index < -0.39 is 6.10 Å². The zero-order valence-electron chi connectivity index (χ0n) is 12.7. The number of nitrogens with one attached hydrogen (secondary N) is 1. The molecule has 23 heavy (non-hydrogen) atoms. The molecule has 0 aliphatic carbocycles. The second-order valence-electron chi connectivity index (χ2n) is 5.43. The first-order valence-electron chi connectivity index (χ1n) is 7.60. The van der Waals surface area contributed by atoms with Gasteiger partial charge in [-0.3, -0.25) is 0 Å². The van der Waals surface area contributed by atoms with Crippen LogP contribution in [0.25, 0.3) is 0 Å². The van der Waals surface area contributed by atoms with Gasteiger partial charge in [-0.05, 0) is 23.6 Å². The van der Waals surface area contributed by atoms with E-state index in [1.807, 2.05) is 17.5 Å². The van der Waals surface area contributed by atoms with Crippen molar-refractivity contribution in [3.8, 4) is 0 Å². The average Bonchev–Trinajstić information content (AvgIpc) is 3.26. The molecule has 7 heteroatoms. The normalized spacial score (nSPS) is 19.5. The van der Waals surface area contributed by atoms with Gasteiger partial charge in [0, 0.05) is 17.8 Å². The molecule has 0 unspecified atom stereocenters. The van der Waals surface area contributed by atoms with Crippen molar-refractivity contribution in [2.24, 2.45) is 0 Å². The Kier molecular flexibility index (Phi) is 5.32. The number of urea groups is 1. The maximum absolute atomic E-state index is 12.4. The lowest BCUT2D eigenvalue weighted by Gasteiger charge is -2.36. The number of hydrogen-bond acceptors (Lipinski definition) is 5. The molecule has 2 aromatic rings. The Balaban J connectivity index is 1.58. The highest BCUT2D eigenvalue weighted by molar-refractivity contribution is 7.09. The second kappa shape index (κ2) is 7.63. The lowest BCUT2D eigenvalue weighted by molar-refractivity contribution is -0.00973. The fraction of sp³-hybridized carbons (Fsp3) is 0.438. The molecule has 2 atom stereocenters. The van der Waals surface area contributed by atoms with E-state index in [0.29, 0.717) is 38.5 Å². The van der Waals surface area contributed by atoms with Crippen LogP contribution in [-0.4, -0.2) is 41.8 Å². The molecular weight excluding hydrogens is 316 g/mol. The number of aliphatic hydroxyl groups excluding tert-OH is 1. The average molecular weight is 336 g/mol. The van der Waals surface area contributed by atoms with Crippen LogP contribution < -0.4 is 5.32 Å². The van der Waals surface area contributed by atoms with E-state index in [4.69, 9.17) is 9.15 Å². The predicted molar refractivity (Wildman–Crippen MR) is 86.2 cm³/mol. The van der Waals surface area contributed by atoms with Gasteiger partial charge < -0.3 is 24.5 Å². The van der Waals surface area contributed by atoms with E-state index >= 15 is 0 Å². The number of rotatable bonds is 5. The number of carbonyl (C=O) groups is 1. The molecule has 2 aromatic heterocycles. The topological polar surface area (TPSA) is 74.9 Å². The first-order valence-corrected chi connectivity index (χ1v) is 8.48. The van der Waals surface area contributed by atoms with Gasteiger partial charge in [0.2, 0.25) is 0 Å². The highest BCUT2D eigenvalue weighted by atomic mass is 32.1. The maximum atomic E-state index is 12.4. The Labute approximate surface area is 138 Å². The third-order valence-corrected chi connectivity index (χ3v) is 4.73. The van der Waals surface area contributed by atoms with E-state index in [2.05, 4.69) is 5.32 Å². The first-order chi connectivity index (χ1) is 11.2. The van der Waals surface area contributed by atoms with Crippen LogP contribution in [0.5, 0.6) is 0 Å². The molecule has 3 rings (SSSR count). The smallest absolute Gasteiger partial charge is 0.318 e. The number of amides is 2. The summed E-state index contributed by atoms with van der Waals surface area (Å²) in [5.74, 6) is 0.509. The zero-order valence-corrected chi connectivity index (χ0v) is 13.5. The summed E-state index contributed by atoms with van der Waals surface area (Å²) in [5.41, 5.74) is 0. The summed E-state index contributed by atoms with van der Waals surface area (Å²) in [5, 5.41) is 15.1. The number of carbonyl (C=O) groups excluding carboxylic acids is 1. The minimum Gasteiger partial charge on any atom is -0.467 e. The van der Waals surface area contributed by atoms with Gasteiger partial charge >= 0.3 is 6.03 Å². The van der Waals surface area contributed by atoms with E-state index in [9.17, 15) is 9.90 Å². The van der Waals surface area contributed by atoms with Crippen LogP contribution in [0.3, 0.4) is 0 Å². The molecule has 3 heterocycles. The Morgan fingerprint density at radius 2 is 2.39 bits per heavy atom. The Morgan fingerprint density at radius 3 is 3.13 bits per heavy atom. The standard InChI is InChI=1S/C16H20N2O4S/c19-14(15-4-1-6-22-15)9-12-11-21-7-5-18(12)16(20)17-10-13-3-2-8-23-13/h1-4,6,8,12,14,19H,5,7,9-11H2,(H,17,20)/t12-,14+/m1/s1. The molecular formula is C16H20N2O4S. The van der Waals surface area contributed by atoms with Crippen LogP contribution in [0, 0.1) is 0 Å². The van der Waals surface area contributed by atoms with E-state index in [-0.39, 0.29) is 12.1 Å². The summed E-state index contributed by atoms with van der Waals surface area (Å²) < 4.78 is 10.7. The van der Waals surface area contributed by atoms with Gasteiger partial charge in [0.05, 0.1) is 32.1 Å². The molecule has 0 aromatic carbocycles. The van der Waals surface area contributed by atoms with Gasteiger partial charge in [-0.15, -0.1) is 11.3 Å². The summed E-state index contributed by atoms with van der Waals surface area (Å²) in [6.45, 7) is 1.97. The van der Waals surface area contributed by atoms with E-state index in [1.165, 1.54) is 6.26 Å². The molecule has 2 N–H and O–H groups in total. The monoisotopic (exact) mass is 336 g/mol. The van der Waals surface area contributed by atoms with Gasteiger partial charge in [-0.2, -0.15) is 0 Å². The molecule has 124 valence electrons. The quantitative estimate of drug-likeness (QED) is 0.879. The number of ether oxygens (including phenoxy) is 1. The molecule has 0 bridgehead atoms. The third-order valence-electron chi connectivity index (χ3n) is 3.85. The van der Waals surface area contributed by atoms with Crippen LogP contribution in [0.4, 0.5) is 4.79 Å². The van der Waals surface area contributed by atoms with Crippen molar-refractivity contribution in [1.29, 1.82) is 0 Å². The molecule has 6 nitrogen and oxygen atoms in total. The molecule has 0 saturated carbocycles. The fourth-order valence-electron chi connectivity index (χ4n) is 2.65. The van der Waals surface area contributed by atoms with Crippen molar-refractivity contribution in [3.63, 3.8) is 0 Å². The highest BCUT2D eigenvalue weighted by Crippen LogP contribution is 2.23. The Morgan fingerprint density at radius 1 is 1.48 bits per heavy atom. The zero-order chi connectivity index (χ0) is 16.1. The van der Waals surface area contributed by atoms with Crippen molar-refractivity contribution in [2.75, 3.05) is 19.8 Å². The number of morpholine rings is 1. The second-order valence-corrected chi connectivity index (χ2v) is 6.46. The van der Waals surface area contributed by atoms with Gasteiger partial charge in [0.1, 0.15) is 11.9 Å². The lowest BCUT2D eigenvalue weighted by Crippen LogP contribution is -2.52. The summed E-state index contributed by atoms with van der Waals surface area (Å²) in [4.78, 5) is 15.3.